The average Bonchev–Trinajstić information content (AvgIpc) is 3.54. The lowest BCUT2D eigenvalue weighted by Gasteiger charge is -2.24. The van der Waals surface area contributed by atoms with E-state index in [2.05, 4.69) is 169 Å². The van der Waals surface area contributed by atoms with Gasteiger partial charge in [-0.2, -0.15) is 0 Å². The Morgan fingerprint density at radius 2 is 1.31 bits per heavy atom. The standard InChI is InChI=1S/C46H36N2/c1-31-29-35(46-47-42-23-13-14-24-43(42)48(46)36-19-9-4-10-20-36)26-27-37(31)34-25-28-40-41(30-34)45(33-17-7-3-8-18-33)39-22-12-11-21-38(39)44(40)32-15-5-2-6-16-32/h2-5,7-15,17-28,30-31H,6,16,29H2,1H3. The molecule has 6 aromatic carbocycles. The maximum Gasteiger partial charge on any atom is 0.141 e. The van der Waals surface area contributed by atoms with E-state index < -0.39 is 0 Å². The van der Waals surface area contributed by atoms with Crippen LogP contribution in [0.15, 0.2) is 158 Å². The van der Waals surface area contributed by atoms with Crippen molar-refractivity contribution in [2.24, 2.45) is 5.92 Å². The number of hydrogen-bond donors (Lipinski definition) is 0. The van der Waals surface area contributed by atoms with Crippen LogP contribution in [0.25, 0.3) is 66.1 Å². The van der Waals surface area contributed by atoms with E-state index >= 15 is 0 Å². The molecule has 1 unspecified atom stereocenters. The van der Waals surface area contributed by atoms with Gasteiger partial charge in [0.05, 0.1) is 11.0 Å². The number of benzene rings is 6. The zero-order valence-electron chi connectivity index (χ0n) is 27.1. The van der Waals surface area contributed by atoms with Crippen LogP contribution in [-0.2, 0) is 0 Å². The molecule has 0 saturated heterocycles. The van der Waals surface area contributed by atoms with Gasteiger partial charge in [0.2, 0.25) is 0 Å². The molecule has 0 amide bonds. The van der Waals surface area contributed by atoms with Gasteiger partial charge < -0.3 is 0 Å². The van der Waals surface area contributed by atoms with Gasteiger partial charge in [-0.3, -0.25) is 4.57 Å². The van der Waals surface area contributed by atoms with E-state index in [9.17, 15) is 0 Å². The normalized spacial score (nSPS) is 16.3. The van der Waals surface area contributed by atoms with Crippen LogP contribution in [0.1, 0.15) is 43.1 Å². The van der Waals surface area contributed by atoms with Gasteiger partial charge in [-0.25, -0.2) is 4.98 Å². The Hall–Kier alpha value is -5.73. The van der Waals surface area contributed by atoms with Crippen LogP contribution >= 0.6 is 0 Å². The molecule has 1 heterocycles. The number of fused-ring (bicyclic) bond motifs is 3. The van der Waals surface area contributed by atoms with Crippen LogP contribution < -0.4 is 0 Å². The van der Waals surface area contributed by atoms with Crippen molar-refractivity contribution in [1.29, 1.82) is 0 Å². The Morgan fingerprint density at radius 3 is 2.08 bits per heavy atom. The highest BCUT2D eigenvalue weighted by Crippen LogP contribution is 2.45. The topological polar surface area (TPSA) is 17.8 Å². The third-order valence-electron chi connectivity index (χ3n) is 10.1. The van der Waals surface area contributed by atoms with E-state index in [0.717, 1.165) is 41.8 Å². The van der Waals surface area contributed by atoms with Gasteiger partial charge in [-0.15, -0.1) is 0 Å². The van der Waals surface area contributed by atoms with Crippen LogP contribution in [0.2, 0.25) is 0 Å². The van der Waals surface area contributed by atoms with Crippen molar-refractivity contribution in [2.45, 2.75) is 26.2 Å². The third kappa shape index (κ3) is 4.76. The number of aromatic nitrogens is 2. The Balaban J connectivity index is 1.24. The molecular weight excluding hydrogens is 581 g/mol. The molecule has 1 atom stereocenters. The van der Waals surface area contributed by atoms with Crippen LogP contribution in [0.4, 0.5) is 0 Å². The van der Waals surface area contributed by atoms with Gasteiger partial charge in [-0.05, 0) is 116 Å². The predicted molar refractivity (Wildman–Crippen MR) is 204 cm³/mol. The van der Waals surface area contributed by atoms with Gasteiger partial charge in [0, 0.05) is 5.69 Å². The Bertz CT molecular complexity index is 2470. The summed E-state index contributed by atoms with van der Waals surface area (Å²) < 4.78 is 2.32. The maximum atomic E-state index is 5.17. The first kappa shape index (κ1) is 28.5. The van der Waals surface area contributed by atoms with Crippen LogP contribution in [0.5, 0.6) is 0 Å². The second kappa shape index (κ2) is 11.8. The lowest BCUT2D eigenvalue weighted by molar-refractivity contribution is 0.763. The molecule has 2 heteroatoms. The van der Waals surface area contributed by atoms with Crippen LogP contribution in [0, 0.1) is 5.92 Å². The quantitative estimate of drug-likeness (QED) is 0.176. The minimum absolute atomic E-state index is 0.331. The Labute approximate surface area is 281 Å². The van der Waals surface area contributed by atoms with Crippen molar-refractivity contribution < 1.29 is 0 Å². The molecule has 2 nitrogen and oxygen atoms in total. The van der Waals surface area contributed by atoms with Gasteiger partial charge in [-0.1, -0.05) is 134 Å². The number of rotatable bonds is 5. The molecule has 1 aromatic heterocycles. The van der Waals surface area contributed by atoms with Gasteiger partial charge in [0.1, 0.15) is 5.82 Å². The summed E-state index contributed by atoms with van der Waals surface area (Å²) in [5, 5.41) is 5.29. The molecule has 2 aliphatic rings. The summed E-state index contributed by atoms with van der Waals surface area (Å²) in [7, 11) is 0. The smallest absolute Gasteiger partial charge is 0.141 e. The van der Waals surface area contributed by atoms with Gasteiger partial charge in [0.15, 0.2) is 0 Å². The van der Waals surface area contributed by atoms with E-state index in [1.807, 2.05) is 0 Å². The summed E-state index contributed by atoms with van der Waals surface area (Å²) in [5.41, 5.74) is 12.6. The third-order valence-corrected chi connectivity index (χ3v) is 10.1. The highest BCUT2D eigenvalue weighted by Gasteiger charge is 2.24. The molecule has 0 saturated carbocycles. The van der Waals surface area contributed by atoms with Crippen molar-refractivity contribution in [2.75, 3.05) is 0 Å². The van der Waals surface area contributed by atoms with Crippen LogP contribution in [0.3, 0.4) is 0 Å². The van der Waals surface area contributed by atoms with Crippen LogP contribution in [-0.4, -0.2) is 9.55 Å². The fourth-order valence-corrected chi connectivity index (χ4v) is 7.92. The van der Waals surface area contributed by atoms with Crippen molar-refractivity contribution in [3.8, 4) is 16.8 Å². The fraction of sp³-hybridized carbons (Fsp3) is 0.109. The summed E-state index contributed by atoms with van der Waals surface area (Å²) in [6, 6.07) is 46.2. The second-order valence-corrected chi connectivity index (χ2v) is 13.1. The highest BCUT2D eigenvalue weighted by molar-refractivity contribution is 6.19. The molecule has 230 valence electrons. The molecule has 0 fully saturated rings. The van der Waals surface area contributed by atoms with Crippen molar-refractivity contribution in [3.05, 3.63) is 175 Å². The number of hydrogen-bond acceptors (Lipinski definition) is 1. The Kier molecular flexibility index (Phi) is 7.01. The van der Waals surface area contributed by atoms with Gasteiger partial charge >= 0.3 is 0 Å². The van der Waals surface area contributed by atoms with Crippen molar-refractivity contribution in [1.82, 2.24) is 9.55 Å². The molecule has 0 aliphatic heterocycles. The van der Waals surface area contributed by atoms with E-state index in [0.29, 0.717) is 5.92 Å². The number of para-hydroxylation sites is 3. The second-order valence-electron chi connectivity index (χ2n) is 13.1. The highest BCUT2D eigenvalue weighted by atomic mass is 15.1. The summed E-state index contributed by atoms with van der Waals surface area (Å²) in [5.74, 6) is 1.36. The largest absolute Gasteiger partial charge is 0.293 e. The predicted octanol–water partition coefficient (Wildman–Crippen LogP) is 12.2. The zero-order chi connectivity index (χ0) is 32.0. The molecule has 0 radical (unpaired) electrons. The first-order valence-electron chi connectivity index (χ1n) is 17.1. The monoisotopic (exact) mass is 616 g/mol. The van der Waals surface area contributed by atoms with Crippen molar-refractivity contribution >= 4 is 49.3 Å². The number of imidazole rings is 1. The molecule has 48 heavy (non-hydrogen) atoms. The molecule has 7 aromatic rings. The maximum absolute atomic E-state index is 5.17. The van der Waals surface area contributed by atoms with E-state index in [1.165, 1.54) is 60.5 Å². The molecule has 0 bridgehead atoms. The summed E-state index contributed by atoms with van der Waals surface area (Å²) in [6.07, 6.45) is 14.5. The summed E-state index contributed by atoms with van der Waals surface area (Å²) >= 11 is 0. The Morgan fingerprint density at radius 1 is 0.604 bits per heavy atom. The summed E-state index contributed by atoms with van der Waals surface area (Å²) in [6.45, 7) is 2.36. The van der Waals surface area contributed by atoms with Crippen molar-refractivity contribution in [3.63, 3.8) is 0 Å². The minimum atomic E-state index is 0.331. The molecule has 0 spiro atoms. The van der Waals surface area contributed by atoms with Gasteiger partial charge in [0.25, 0.3) is 0 Å². The molecular formula is C46H36N2. The first-order chi connectivity index (χ1) is 23.7. The first-order valence-corrected chi connectivity index (χ1v) is 17.1. The van der Waals surface area contributed by atoms with E-state index in [4.69, 9.17) is 4.98 Å². The molecule has 0 N–H and O–H groups in total. The summed E-state index contributed by atoms with van der Waals surface area (Å²) in [4.78, 5) is 5.17. The zero-order valence-corrected chi connectivity index (χ0v) is 27.1. The SMILES string of the molecule is CC1CC(c2nc3ccccc3n2-c2ccccc2)=CC=C1c1ccc2c(C3=CC=CCC3)c3ccccc3c(-c3ccccc3)c2c1. The lowest BCUT2D eigenvalue weighted by Crippen LogP contribution is -2.08. The fourth-order valence-electron chi connectivity index (χ4n) is 7.92. The van der Waals surface area contributed by atoms with E-state index in [1.54, 1.807) is 0 Å². The molecule has 9 rings (SSSR count). The lowest BCUT2D eigenvalue weighted by atomic mass is 9.80. The minimum Gasteiger partial charge on any atom is -0.293 e. The molecule has 2 aliphatic carbocycles. The average molecular weight is 617 g/mol. The number of allylic oxidation sites excluding steroid dienone is 8. The number of nitrogens with zero attached hydrogens (tertiary/aromatic N) is 2. The van der Waals surface area contributed by atoms with E-state index in [-0.39, 0.29) is 0 Å².